The molecule has 1 aromatic carbocycles. The molecule has 0 aliphatic carbocycles. The second kappa shape index (κ2) is 1.62. The molecule has 1 heteroatoms. The third-order valence-electron chi connectivity index (χ3n) is 2.25. The van der Waals surface area contributed by atoms with Gasteiger partial charge in [-0.3, -0.25) is 0 Å². The highest BCUT2D eigenvalue weighted by Gasteiger charge is 2.30. The first-order valence-corrected chi connectivity index (χ1v) is 3.86. The smallest absolute Gasteiger partial charge is 0.179 e. The first kappa shape index (κ1) is 5.30. The molecule has 0 unspecified atom stereocenters. The maximum absolute atomic E-state index is 2.33. The topological polar surface area (TPSA) is 3.88 Å². The average Bonchev–Trinajstić information content (AvgIpc) is 2.83. The Morgan fingerprint density at radius 3 is 2.91 bits per heavy atom. The van der Waals surface area contributed by atoms with E-state index >= 15 is 0 Å². The van der Waals surface area contributed by atoms with E-state index in [0.29, 0.717) is 0 Å². The van der Waals surface area contributed by atoms with Crippen LogP contribution in [0.5, 0.6) is 0 Å². The van der Waals surface area contributed by atoms with E-state index in [0.717, 1.165) is 6.54 Å². The lowest BCUT2D eigenvalue weighted by atomic mass is 10.2. The highest BCUT2D eigenvalue weighted by molar-refractivity contribution is 5.75. The molecular weight excluding hydrogens is 134 g/mol. The monoisotopic (exact) mass is 142 g/mol. The van der Waals surface area contributed by atoms with Crippen molar-refractivity contribution in [1.82, 2.24) is 0 Å². The Morgan fingerprint density at radius 2 is 1.91 bits per heavy atom. The fourth-order valence-corrected chi connectivity index (χ4v) is 1.57. The van der Waals surface area contributed by atoms with Gasteiger partial charge < -0.3 is 0 Å². The van der Waals surface area contributed by atoms with E-state index in [1.165, 1.54) is 16.6 Å². The highest BCUT2D eigenvalue weighted by atomic mass is 15.1. The summed E-state index contributed by atoms with van der Waals surface area (Å²) >= 11 is 0. The van der Waals surface area contributed by atoms with Crippen molar-refractivity contribution in [3.05, 3.63) is 42.1 Å². The largest absolute Gasteiger partial charge is 0.248 e. The van der Waals surface area contributed by atoms with Gasteiger partial charge in [-0.1, -0.05) is 12.1 Å². The molecule has 3 rings (SSSR count). The van der Waals surface area contributed by atoms with Crippen LogP contribution in [0.4, 0.5) is 0 Å². The summed E-state index contributed by atoms with van der Waals surface area (Å²) < 4.78 is 2.33. The molecule has 11 heavy (non-hydrogen) atoms. The van der Waals surface area contributed by atoms with Crippen LogP contribution in [-0.2, 0) is 6.54 Å². The molecule has 1 aromatic heterocycles. The molecule has 2 aromatic rings. The quantitative estimate of drug-likeness (QED) is 0.419. The van der Waals surface area contributed by atoms with E-state index < -0.39 is 0 Å². The zero-order valence-electron chi connectivity index (χ0n) is 6.12. The summed E-state index contributed by atoms with van der Waals surface area (Å²) in [5.41, 5.74) is 2.81. The Balaban J connectivity index is 2.56. The fourth-order valence-electron chi connectivity index (χ4n) is 1.57. The molecule has 52 valence electrons. The Kier molecular flexibility index (Phi) is 0.779. The Labute approximate surface area is 64.9 Å². The van der Waals surface area contributed by atoms with Crippen LogP contribution in [0, 0.1) is 0 Å². The van der Waals surface area contributed by atoms with Crippen molar-refractivity contribution in [3.8, 4) is 0 Å². The lowest BCUT2D eigenvalue weighted by molar-refractivity contribution is -0.543. The molecule has 0 spiro atoms. The molecule has 1 nitrogen and oxygen atoms in total. The molecule has 0 amide bonds. The maximum Gasteiger partial charge on any atom is 0.248 e. The van der Waals surface area contributed by atoms with Gasteiger partial charge >= 0.3 is 0 Å². The van der Waals surface area contributed by atoms with E-state index in [9.17, 15) is 0 Å². The number of hydrogen-bond acceptors (Lipinski definition) is 0. The van der Waals surface area contributed by atoms with Gasteiger partial charge in [0.15, 0.2) is 0 Å². The summed E-state index contributed by atoms with van der Waals surface area (Å²) in [6, 6.07) is 12.9. The molecule has 1 aliphatic rings. The summed E-state index contributed by atoms with van der Waals surface area (Å²) in [4.78, 5) is 0. The minimum atomic E-state index is 1.13. The SMILES string of the molecule is c1ccc2c(c1)ccc1[n+]2C1. The molecule has 1 aliphatic heterocycles. The molecule has 0 atom stereocenters. The second-order valence-electron chi connectivity index (χ2n) is 2.97. The van der Waals surface area contributed by atoms with Crippen molar-refractivity contribution in [1.29, 1.82) is 0 Å². The predicted octanol–water partition coefficient (Wildman–Crippen LogP) is 1.49. The van der Waals surface area contributed by atoms with Gasteiger partial charge in [-0.05, 0) is 12.1 Å². The normalized spacial score (nSPS) is 13.1. The molecule has 0 N–H and O–H groups in total. The van der Waals surface area contributed by atoms with Crippen molar-refractivity contribution in [2.24, 2.45) is 0 Å². The predicted molar refractivity (Wildman–Crippen MR) is 43.2 cm³/mol. The van der Waals surface area contributed by atoms with E-state index in [4.69, 9.17) is 0 Å². The van der Waals surface area contributed by atoms with Gasteiger partial charge in [-0.2, -0.15) is 4.57 Å². The van der Waals surface area contributed by atoms with E-state index in [1.807, 2.05) is 0 Å². The number of aromatic nitrogens is 1. The zero-order chi connectivity index (χ0) is 7.26. The summed E-state index contributed by atoms with van der Waals surface area (Å²) in [7, 11) is 0. The number of rotatable bonds is 0. The molecule has 0 bridgehead atoms. The third-order valence-corrected chi connectivity index (χ3v) is 2.25. The van der Waals surface area contributed by atoms with Gasteiger partial charge in [0.1, 0.15) is 0 Å². The number of para-hydroxylation sites is 1. The van der Waals surface area contributed by atoms with Crippen molar-refractivity contribution >= 4 is 10.9 Å². The number of hydrogen-bond donors (Lipinski definition) is 0. The van der Waals surface area contributed by atoms with Gasteiger partial charge in [-0.15, -0.1) is 0 Å². The molecule has 0 fully saturated rings. The van der Waals surface area contributed by atoms with Gasteiger partial charge in [0.05, 0.1) is 0 Å². The van der Waals surface area contributed by atoms with E-state index in [-0.39, 0.29) is 0 Å². The minimum Gasteiger partial charge on any atom is -0.179 e. The summed E-state index contributed by atoms with van der Waals surface area (Å²) in [5.74, 6) is 0. The maximum atomic E-state index is 2.33. The number of pyridine rings is 1. The summed E-state index contributed by atoms with van der Waals surface area (Å²) in [6.07, 6.45) is 0. The van der Waals surface area contributed by atoms with Crippen molar-refractivity contribution in [2.75, 3.05) is 0 Å². The molecule has 0 radical (unpaired) electrons. The Morgan fingerprint density at radius 1 is 1.00 bits per heavy atom. The summed E-state index contributed by atoms with van der Waals surface area (Å²) in [6.45, 7) is 1.13. The van der Waals surface area contributed by atoms with Crippen LogP contribution >= 0.6 is 0 Å². The number of fused-ring (bicyclic) bond motifs is 3. The van der Waals surface area contributed by atoms with Crippen LogP contribution < -0.4 is 4.57 Å². The summed E-state index contributed by atoms with van der Waals surface area (Å²) in [5, 5.41) is 1.34. The van der Waals surface area contributed by atoms with Crippen LogP contribution in [0.15, 0.2) is 36.4 Å². The number of nitrogens with zero attached hydrogens (tertiary/aromatic N) is 1. The van der Waals surface area contributed by atoms with Crippen molar-refractivity contribution < 1.29 is 4.57 Å². The van der Waals surface area contributed by atoms with Crippen LogP contribution in [0.25, 0.3) is 10.9 Å². The van der Waals surface area contributed by atoms with Crippen LogP contribution in [0.2, 0.25) is 0 Å². The third kappa shape index (κ3) is 0.625. The Bertz CT molecular complexity index is 432. The van der Waals surface area contributed by atoms with Crippen LogP contribution in [-0.4, -0.2) is 0 Å². The average molecular weight is 142 g/mol. The van der Waals surface area contributed by atoms with E-state index in [2.05, 4.69) is 41.0 Å². The van der Waals surface area contributed by atoms with Crippen LogP contribution in [0.1, 0.15) is 5.69 Å². The van der Waals surface area contributed by atoms with Crippen LogP contribution in [0.3, 0.4) is 0 Å². The van der Waals surface area contributed by atoms with Gasteiger partial charge in [0, 0.05) is 17.5 Å². The Hall–Kier alpha value is -1.37. The van der Waals surface area contributed by atoms with Gasteiger partial charge in [-0.25, -0.2) is 0 Å². The van der Waals surface area contributed by atoms with Crippen molar-refractivity contribution in [2.45, 2.75) is 6.54 Å². The minimum absolute atomic E-state index is 1.13. The lowest BCUT2D eigenvalue weighted by Gasteiger charge is -1.85. The lowest BCUT2D eigenvalue weighted by Crippen LogP contribution is -2.10. The molecule has 0 saturated carbocycles. The standard InChI is InChI=1S/C10H8N/c1-2-4-10-8(3-1)5-6-9-7-11(9)10/h1-6H,7H2/q+1. The second-order valence-corrected chi connectivity index (χ2v) is 2.97. The number of benzene rings is 1. The molecule has 0 saturated heterocycles. The van der Waals surface area contributed by atoms with Crippen molar-refractivity contribution in [3.63, 3.8) is 0 Å². The van der Waals surface area contributed by atoms with Gasteiger partial charge in [0.2, 0.25) is 17.8 Å². The van der Waals surface area contributed by atoms with Gasteiger partial charge in [0.25, 0.3) is 0 Å². The molecular formula is C10H8N+. The fraction of sp³-hybridized carbons (Fsp3) is 0.100. The first-order valence-electron chi connectivity index (χ1n) is 3.86. The molecule has 2 heterocycles. The zero-order valence-corrected chi connectivity index (χ0v) is 6.12. The highest BCUT2D eigenvalue weighted by Crippen LogP contribution is 2.15. The first-order chi connectivity index (χ1) is 5.45. The van der Waals surface area contributed by atoms with E-state index in [1.54, 1.807) is 0 Å².